The van der Waals surface area contributed by atoms with Crippen LogP contribution in [0.1, 0.15) is 200 Å². The minimum Gasteiger partial charge on any atom is -0.462 e. The summed E-state index contributed by atoms with van der Waals surface area (Å²) in [4.78, 5) is 34.6. The Labute approximate surface area is 355 Å². The van der Waals surface area contributed by atoms with E-state index in [0.717, 1.165) is 83.5 Å². The SMILES string of the molecule is CC/C=C\C/C=C\C/C=C\C/C=C\C/C=C\CCCCCCCCCCCCCCCCCC(=O)OC(COC(=O)CCCCCCCC)COP(=O)(O)OCCN. The second-order valence-corrected chi connectivity index (χ2v) is 16.7. The van der Waals surface area contributed by atoms with E-state index < -0.39 is 32.5 Å². The molecule has 0 fully saturated rings. The number of nitrogens with two attached hydrogens (primary N) is 1. The van der Waals surface area contributed by atoms with Gasteiger partial charge in [-0.25, -0.2) is 4.57 Å². The predicted molar refractivity (Wildman–Crippen MR) is 243 cm³/mol. The molecule has 0 saturated carbocycles. The van der Waals surface area contributed by atoms with Gasteiger partial charge < -0.3 is 20.1 Å². The lowest BCUT2D eigenvalue weighted by atomic mass is 10.0. The number of allylic oxidation sites excluding steroid dienone is 10. The molecule has 0 radical (unpaired) electrons. The summed E-state index contributed by atoms with van der Waals surface area (Å²) in [6.07, 6.45) is 53.1. The molecular weight excluding hydrogens is 750 g/mol. The average Bonchev–Trinajstić information content (AvgIpc) is 3.21. The Bertz CT molecular complexity index is 1130. The Balaban J connectivity index is 3.84. The topological polar surface area (TPSA) is 134 Å². The van der Waals surface area contributed by atoms with Gasteiger partial charge >= 0.3 is 19.8 Å². The van der Waals surface area contributed by atoms with Crippen molar-refractivity contribution in [2.45, 2.75) is 206 Å². The summed E-state index contributed by atoms with van der Waals surface area (Å²) in [6.45, 7) is 3.55. The number of hydrogen-bond donors (Lipinski definition) is 2. The summed E-state index contributed by atoms with van der Waals surface area (Å²) in [5, 5.41) is 0. The molecule has 2 atom stereocenters. The van der Waals surface area contributed by atoms with Crippen LogP contribution in [0.4, 0.5) is 0 Å². The molecule has 9 nitrogen and oxygen atoms in total. The van der Waals surface area contributed by atoms with E-state index in [0.29, 0.717) is 6.42 Å². The molecule has 0 saturated heterocycles. The maximum absolute atomic E-state index is 12.5. The van der Waals surface area contributed by atoms with Crippen molar-refractivity contribution in [1.29, 1.82) is 0 Å². The first-order chi connectivity index (χ1) is 28.3. The first kappa shape index (κ1) is 55.7. The fraction of sp³-hybridized carbons (Fsp3) is 0.750. The molecule has 0 aromatic rings. The first-order valence-corrected chi connectivity index (χ1v) is 24.8. The molecule has 0 aromatic heterocycles. The molecule has 0 aliphatic heterocycles. The van der Waals surface area contributed by atoms with Crippen molar-refractivity contribution in [3.63, 3.8) is 0 Å². The van der Waals surface area contributed by atoms with Gasteiger partial charge in [0.05, 0.1) is 13.2 Å². The van der Waals surface area contributed by atoms with Crippen molar-refractivity contribution >= 4 is 19.8 Å². The maximum Gasteiger partial charge on any atom is 0.472 e. The molecule has 0 aromatic carbocycles. The number of phosphoric acid groups is 1. The average molecular weight is 836 g/mol. The van der Waals surface area contributed by atoms with Gasteiger partial charge in [-0.15, -0.1) is 0 Å². The first-order valence-electron chi connectivity index (χ1n) is 23.3. The zero-order valence-electron chi connectivity index (χ0n) is 37.0. The number of carbonyl (C=O) groups excluding carboxylic acids is 2. The summed E-state index contributed by atoms with van der Waals surface area (Å²) < 4.78 is 32.6. The number of carbonyl (C=O) groups is 2. The summed E-state index contributed by atoms with van der Waals surface area (Å²) in [7, 11) is -4.37. The molecule has 3 N–H and O–H groups in total. The van der Waals surface area contributed by atoms with Gasteiger partial charge in [0.2, 0.25) is 0 Å². The van der Waals surface area contributed by atoms with Crippen molar-refractivity contribution in [3.05, 3.63) is 60.8 Å². The molecule has 336 valence electrons. The molecule has 0 heterocycles. The van der Waals surface area contributed by atoms with E-state index in [4.69, 9.17) is 24.3 Å². The molecule has 2 unspecified atom stereocenters. The van der Waals surface area contributed by atoms with Crippen LogP contribution in [-0.2, 0) is 32.7 Å². The number of rotatable bonds is 43. The zero-order chi connectivity index (χ0) is 42.5. The lowest BCUT2D eigenvalue weighted by molar-refractivity contribution is -0.161. The molecule has 0 spiro atoms. The third-order valence-corrected chi connectivity index (χ3v) is 10.7. The predicted octanol–water partition coefficient (Wildman–Crippen LogP) is 13.7. The van der Waals surface area contributed by atoms with Gasteiger partial charge in [-0.1, -0.05) is 190 Å². The van der Waals surface area contributed by atoms with Crippen LogP contribution in [0.15, 0.2) is 60.8 Å². The molecule has 0 amide bonds. The molecule has 0 aliphatic carbocycles. The quantitative estimate of drug-likeness (QED) is 0.0266. The number of unbranched alkanes of at least 4 members (excludes halogenated alkanes) is 20. The number of ether oxygens (including phenoxy) is 2. The number of esters is 2. The fourth-order valence-electron chi connectivity index (χ4n) is 6.25. The lowest BCUT2D eigenvalue weighted by Crippen LogP contribution is -2.29. The summed E-state index contributed by atoms with van der Waals surface area (Å²) in [5.41, 5.74) is 5.33. The van der Waals surface area contributed by atoms with E-state index in [1.807, 2.05) is 0 Å². The van der Waals surface area contributed by atoms with E-state index in [1.165, 1.54) is 83.5 Å². The highest BCUT2D eigenvalue weighted by Crippen LogP contribution is 2.43. The van der Waals surface area contributed by atoms with E-state index in [1.54, 1.807) is 0 Å². The second-order valence-electron chi connectivity index (χ2n) is 15.2. The van der Waals surface area contributed by atoms with Gasteiger partial charge in [0.15, 0.2) is 6.10 Å². The monoisotopic (exact) mass is 836 g/mol. The third kappa shape index (κ3) is 43.3. The van der Waals surface area contributed by atoms with Crippen LogP contribution in [0, 0.1) is 0 Å². The molecule has 0 aliphatic rings. The van der Waals surface area contributed by atoms with Crippen molar-refractivity contribution < 1.29 is 37.6 Å². The van der Waals surface area contributed by atoms with Crippen molar-refractivity contribution in [3.8, 4) is 0 Å². The van der Waals surface area contributed by atoms with Crippen molar-refractivity contribution in [2.75, 3.05) is 26.4 Å². The molecule has 10 heteroatoms. The van der Waals surface area contributed by atoms with Gasteiger partial charge in [-0.05, 0) is 57.8 Å². The minimum absolute atomic E-state index is 0.0530. The lowest BCUT2D eigenvalue weighted by Gasteiger charge is -2.19. The van der Waals surface area contributed by atoms with Crippen molar-refractivity contribution in [1.82, 2.24) is 0 Å². The minimum atomic E-state index is -4.37. The fourth-order valence-corrected chi connectivity index (χ4v) is 7.01. The molecule has 0 rings (SSSR count). The van der Waals surface area contributed by atoms with E-state index in [2.05, 4.69) is 74.6 Å². The second kappa shape index (κ2) is 44.3. The number of phosphoric ester groups is 1. The molecular formula is C48H86NO8P. The summed E-state index contributed by atoms with van der Waals surface area (Å²) in [6, 6.07) is 0. The van der Waals surface area contributed by atoms with E-state index in [-0.39, 0.29) is 32.6 Å². The Morgan fingerprint density at radius 2 is 0.948 bits per heavy atom. The van der Waals surface area contributed by atoms with E-state index in [9.17, 15) is 19.0 Å². The molecule has 58 heavy (non-hydrogen) atoms. The van der Waals surface area contributed by atoms with Gasteiger partial charge in [0, 0.05) is 19.4 Å². The summed E-state index contributed by atoms with van der Waals surface area (Å²) >= 11 is 0. The van der Waals surface area contributed by atoms with Gasteiger partial charge in [0.1, 0.15) is 6.61 Å². The van der Waals surface area contributed by atoms with Crippen LogP contribution in [0.25, 0.3) is 0 Å². The zero-order valence-corrected chi connectivity index (χ0v) is 37.9. The van der Waals surface area contributed by atoms with Crippen LogP contribution in [0.3, 0.4) is 0 Å². The summed E-state index contributed by atoms with van der Waals surface area (Å²) in [5.74, 6) is -0.837. The van der Waals surface area contributed by atoms with Crippen molar-refractivity contribution in [2.24, 2.45) is 5.73 Å². The van der Waals surface area contributed by atoms with Gasteiger partial charge in [-0.3, -0.25) is 18.6 Å². The highest BCUT2D eigenvalue weighted by atomic mass is 31.2. The van der Waals surface area contributed by atoms with Crippen LogP contribution in [-0.4, -0.2) is 49.3 Å². The van der Waals surface area contributed by atoms with Gasteiger partial charge in [0.25, 0.3) is 0 Å². The van der Waals surface area contributed by atoms with Gasteiger partial charge in [-0.2, -0.15) is 0 Å². The maximum atomic E-state index is 12.5. The standard InChI is InChI=1S/C48H86NO8P/c1-3-5-7-9-11-12-13-14-15-16-17-18-19-20-21-22-23-24-25-26-27-28-29-30-31-32-33-34-35-37-39-41-48(51)57-46(45-56-58(52,53)55-43-42-49)44-54-47(50)40-38-36-10-8-6-4-2/h5,7,11-12,14-15,17-18,20-21,46H,3-4,6,8-10,13,16,19,22-45,49H2,1-2H3,(H,52,53)/b7-5-,12-11-,15-14-,18-17-,21-20-. The smallest absolute Gasteiger partial charge is 0.462 e. The highest BCUT2D eigenvalue weighted by molar-refractivity contribution is 7.47. The van der Waals surface area contributed by atoms with Crippen LogP contribution in [0.5, 0.6) is 0 Å². The Morgan fingerprint density at radius 1 is 0.534 bits per heavy atom. The van der Waals surface area contributed by atoms with Crippen LogP contribution >= 0.6 is 7.82 Å². The Morgan fingerprint density at radius 3 is 1.41 bits per heavy atom. The van der Waals surface area contributed by atoms with E-state index >= 15 is 0 Å². The highest BCUT2D eigenvalue weighted by Gasteiger charge is 2.26. The number of hydrogen-bond acceptors (Lipinski definition) is 8. The third-order valence-electron chi connectivity index (χ3n) is 9.67. The largest absolute Gasteiger partial charge is 0.472 e. The van der Waals surface area contributed by atoms with Crippen LogP contribution < -0.4 is 5.73 Å². The Kier molecular flexibility index (Phi) is 42.5. The molecule has 0 bridgehead atoms. The normalized spacial score (nSPS) is 13.8. The Hall–Kier alpha value is -2.29. The van der Waals surface area contributed by atoms with Crippen LogP contribution in [0.2, 0.25) is 0 Å².